The summed E-state index contributed by atoms with van der Waals surface area (Å²) >= 11 is 0. The van der Waals surface area contributed by atoms with Crippen molar-refractivity contribution < 1.29 is 24.2 Å². The highest BCUT2D eigenvalue weighted by Gasteiger charge is 2.41. The summed E-state index contributed by atoms with van der Waals surface area (Å²) in [5, 5.41) is 11.6. The van der Waals surface area contributed by atoms with Crippen molar-refractivity contribution in [3.63, 3.8) is 0 Å². The maximum Gasteiger partial charge on any atom is 0.279 e. The van der Waals surface area contributed by atoms with Crippen LogP contribution in [0.4, 0.5) is 5.69 Å². The van der Waals surface area contributed by atoms with E-state index in [0.717, 1.165) is 82.3 Å². The molecule has 2 atom stereocenters. The predicted octanol–water partition coefficient (Wildman–Crippen LogP) is 3.20. The van der Waals surface area contributed by atoms with Gasteiger partial charge in [-0.3, -0.25) is 9.59 Å². The largest absolute Gasteiger partial charge is 0.724 e. The number of benzene rings is 2. The van der Waals surface area contributed by atoms with E-state index in [9.17, 15) is 9.59 Å². The van der Waals surface area contributed by atoms with Gasteiger partial charge in [0.1, 0.15) is 6.54 Å². The Morgan fingerprint density at radius 3 is 2.29 bits per heavy atom. The van der Waals surface area contributed by atoms with Crippen LogP contribution in [0.2, 0.25) is 0 Å². The Morgan fingerprint density at radius 1 is 1.03 bits per heavy atom. The van der Waals surface area contributed by atoms with E-state index in [1.54, 1.807) is 0 Å². The lowest BCUT2D eigenvalue weighted by atomic mass is 9.93. The summed E-state index contributed by atoms with van der Waals surface area (Å²) in [4.78, 5) is 31.6. The third kappa shape index (κ3) is 7.37. The molecule has 2 aliphatic rings. The summed E-state index contributed by atoms with van der Waals surface area (Å²) in [7, 11) is 1.07. The van der Waals surface area contributed by atoms with Crippen LogP contribution in [0.3, 0.4) is 0 Å². The molecule has 2 fully saturated rings. The smallest absolute Gasteiger partial charge is 0.279 e. The Kier molecular flexibility index (Phi) is 9.83. The van der Waals surface area contributed by atoms with Crippen molar-refractivity contribution in [2.45, 2.75) is 46.1 Å². The van der Waals surface area contributed by atoms with Gasteiger partial charge in [-0.05, 0) is 50.7 Å². The van der Waals surface area contributed by atoms with E-state index >= 15 is 0 Å². The third-order valence-corrected chi connectivity index (χ3v) is 7.15. The van der Waals surface area contributed by atoms with Gasteiger partial charge in [-0.25, -0.2) is 0 Å². The van der Waals surface area contributed by atoms with Gasteiger partial charge in [-0.2, -0.15) is 0 Å². The Morgan fingerprint density at radius 2 is 1.66 bits per heavy atom. The molecule has 0 aliphatic carbocycles. The Labute approximate surface area is 209 Å². The molecule has 0 spiro atoms. The minimum absolute atomic E-state index is 0.0126. The van der Waals surface area contributed by atoms with Crippen LogP contribution in [0.15, 0.2) is 48.5 Å². The number of aryl methyl sites for hydroxylation is 2. The molecule has 2 aliphatic heterocycles. The monoisotopic (exact) mass is 481 g/mol. The summed E-state index contributed by atoms with van der Waals surface area (Å²) in [6.45, 7) is 8.69. The van der Waals surface area contributed by atoms with Crippen LogP contribution in [0.1, 0.15) is 42.4 Å². The first-order valence-electron chi connectivity index (χ1n) is 12.6. The highest BCUT2D eigenvalue weighted by molar-refractivity contribution is 5.93. The second-order valence-corrected chi connectivity index (χ2v) is 9.90. The van der Waals surface area contributed by atoms with Gasteiger partial charge in [0.05, 0.1) is 19.0 Å². The average Bonchev–Trinajstić information content (AvgIpc) is 3.37. The SMILES string of the molecule is CO[O-].Cc1cccc(C)c1NC(=O)C[N+]1(Cc2ccccc2)CCCC(C(=O)N2CCCC2)C1. The average molecular weight is 482 g/mol. The van der Waals surface area contributed by atoms with Crippen LogP contribution in [0.25, 0.3) is 0 Å². The van der Waals surface area contributed by atoms with Crippen molar-refractivity contribution in [3.05, 3.63) is 65.2 Å². The number of quaternary nitrogens is 1. The summed E-state index contributed by atoms with van der Waals surface area (Å²) in [5.74, 6) is 0.346. The Balaban J connectivity index is 0.00000108. The van der Waals surface area contributed by atoms with Gasteiger partial charge < -0.3 is 24.8 Å². The number of carbonyl (C=O) groups is 2. The van der Waals surface area contributed by atoms with Crippen molar-refractivity contribution in [1.82, 2.24) is 4.90 Å². The number of likely N-dealkylation sites (tertiary alicyclic amines) is 2. The molecule has 0 aromatic heterocycles. The second-order valence-electron chi connectivity index (χ2n) is 9.90. The number of hydrogen-bond acceptors (Lipinski definition) is 4. The lowest BCUT2D eigenvalue weighted by molar-refractivity contribution is -0.940. The number of anilines is 1. The zero-order valence-electron chi connectivity index (χ0n) is 21.3. The fourth-order valence-electron chi connectivity index (χ4n) is 5.53. The van der Waals surface area contributed by atoms with Crippen molar-refractivity contribution in [1.29, 1.82) is 0 Å². The maximum absolute atomic E-state index is 13.3. The number of piperidine rings is 1. The standard InChI is InChI=1S/C27H35N3O2.CH4O2/c1-21-10-8-11-22(2)26(21)28-25(31)20-30(18-23-12-4-3-5-13-23)17-9-14-24(19-30)27(32)29-15-6-7-16-29;1-3-2/h3-5,8,10-13,24H,6-7,9,14-20H2,1-2H3;2H,1H3. The summed E-state index contributed by atoms with van der Waals surface area (Å²) < 4.78 is 0.644. The lowest BCUT2D eigenvalue weighted by Crippen LogP contribution is -2.58. The Bertz CT molecular complexity index is 955. The zero-order valence-corrected chi connectivity index (χ0v) is 21.3. The molecule has 1 N–H and O–H groups in total. The van der Waals surface area contributed by atoms with Gasteiger partial charge in [0.15, 0.2) is 6.54 Å². The first-order chi connectivity index (χ1) is 16.9. The van der Waals surface area contributed by atoms with E-state index in [1.807, 2.05) is 43.0 Å². The second kappa shape index (κ2) is 12.8. The van der Waals surface area contributed by atoms with E-state index in [2.05, 4.69) is 34.5 Å². The van der Waals surface area contributed by atoms with Crippen LogP contribution in [0.5, 0.6) is 0 Å². The molecular formula is C28H39N3O4. The predicted molar refractivity (Wildman–Crippen MR) is 135 cm³/mol. The van der Waals surface area contributed by atoms with E-state index < -0.39 is 0 Å². The highest BCUT2D eigenvalue weighted by Crippen LogP contribution is 2.29. The number of para-hydroxylation sites is 1. The maximum atomic E-state index is 13.3. The minimum atomic E-state index is 0.0126. The molecule has 2 aromatic carbocycles. The first-order valence-corrected chi connectivity index (χ1v) is 12.6. The quantitative estimate of drug-likeness (QED) is 0.390. The molecule has 2 unspecified atom stereocenters. The van der Waals surface area contributed by atoms with Crippen LogP contribution in [0, 0.1) is 19.8 Å². The van der Waals surface area contributed by atoms with Crippen molar-refractivity contribution >= 4 is 17.5 Å². The normalized spacial score (nSPS) is 21.7. The van der Waals surface area contributed by atoms with Gasteiger partial charge in [-0.15, -0.1) is 0 Å². The number of carbonyl (C=O) groups excluding carboxylic acids is 2. The molecule has 35 heavy (non-hydrogen) atoms. The fraction of sp³-hybridized carbons (Fsp3) is 0.500. The van der Waals surface area contributed by atoms with Crippen LogP contribution < -0.4 is 10.6 Å². The van der Waals surface area contributed by atoms with E-state index in [4.69, 9.17) is 5.26 Å². The zero-order chi connectivity index (χ0) is 25.3. The topological polar surface area (TPSA) is 81.7 Å². The lowest BCUT2D eigenvalue weighted by Gasteiger charge is -2.44. The molecule has 7 heteroatoms. The van der Waals surface area contributed by atoms with E-state index in [-0.39, 0.29) is 11.8 Å². The molecule has 2 amide bonds. The third-order valence-electron chi connectivity index (χ3n) is 7.15. The van der Waals surface area contributed by atoms with Gasteiger partial charge in [-0.1, -0.05) is 48.5 Å². The molecule has 0 saturated carbocycles. The Hall–Kier alpha value is -2.74. The summed E-state index contributed by atoms with van der Waals surface area (Å²) in [6, 6.07) is 16.5. The van der Waals surface area contributed by atoms with Gasteiger partial charge >= 0.3 is 0 Å². The number of rotatable bonds is 6. The van der Waals surface area contributed by atoms with Gasteiger partial charge in [0, 0.05) is 31.5 Å². The molecular weight excluding hydrogens is 442 g/mol. The molecule has 2 heterocycles. The van der Waals surface area contributed by atoms with Gasteiger partial charge in [0.2, 0.25) is 5.91 Å². The molecule has 190 valence electrons. The van der Waals surface area contributed by atoms with E-state index in [1.165, 1.54) is 5.56 Å². The van der Waals surface area contributed by atoms with Crippen molar-refractivity contribution in [3.8, 4) is 0 Å². The fourth-order valence-corrected chi connectivity index (χ4v) is 5.53. The molecule has 2 saturated heterocycles. The molecule has 2 aromatic rings. The van der Waals surface area contributed by atoms with Crippen molar-refractivity contribution in [2.24, 2.45) is 5.92 Å². The molecule has 7 nitrogen and oxygen atoms in total. The van der Waals surface area contributed by atoms with Crippen LogP contribution in [-0.2, 0) is 21.0 Å². The number of amides is 2. The summed E-state index contributed by atoms with van der Waals surface area (Å²) in [6.07, 6.45) is 4.14. The highest BCUT2D eigenvalue weighted by atomic mass is 17.1. The number of hydrogen-bond donors (Lipinski definition) is 1. The number of nitrogens with zero attached hydrogens (tertiary/aromatic N) is 2. The van der Waals surface area contributed by atoms with Crippen LogP contribution in [-0.4, -0.2) is 61.0 Å². The van der Waals surface area contributed by atoms with Crippen molar-refractivity contribution in [2.75, 3.05) is 45.2 Å². The van der Waals surface area contributed by atoms with Gasteiger partial charge in [0.25, 0.3) is 5.91 Å². The molecule has 4 rings (SSSR count). The van der Waals surface area contributed by atoms with Crippen LogP contribution >= 0.6 is 0 Å². The minimum Gasteiger partial charge on any atom is -0.724 e. The molecule has 0 radical (unpaired) electrons. The molecule has 0 bridgehead atoms. The number of nitrogens with one attached hydrogen (secondary N) is 1. The van der Waals surface area contributed by atoms with E-state index in [0.29, 0.717) is 16.9 Å². The first kappa shape index (κ1) is 26.9. The summed E-state index contributed by atoms with van der Waals surface area (Å²) in [5.41, 5.74) is 4.29.